The van der Waals surface area contributed by atoms with E-state index in [0.29, 0.717) is 16.9 Å². The Kier molecular flexibility index (Phi) is 6.43. The number of methoxy groups -OCH3 is 1. The van der Waals surface area contributed by atoms with Crippen molar-refractivity contribution in [3.05, 3.63) is 64.7 Å². The van der Waals surface area contributed by atoms with E-state index >= 15 is 0 Å². The summed E-state index contributed by atoms with van der Waals surface area (Å²) in [6.07, 6.45) is 0. The molecule has 2 aromatic carbocycles. The van der Waals surface area contributed by atoms with Crippen LogP contribution < -0.4 is 20.1 Å². The van der Waals surface area contributed by atoms with Gasteiger partial charge in [-0.1, -0.05) is 17.9 Å². The highest BCUT2D eigenvalue weighted by molar-refractivity contribution is 7.90. The van der Waals surface area contributed by atoms with Gasteiger partial charge in [0.05, 0.1) is 19.4 Å². The first-order valence-corrected chi connectivity index (χ1v) is 12.5. The van der Waals surface area contributed by atoms with E-state index in [1.165, 1.54) is 43.2 Å². The number of amides is 5. The molecule has 3 N–H and O–H groups in total. The van der Waals surface area contributed by atoms with Gasteiger partial charge in [-0.2, -0.15) is 0 Å². The largest absolute Gasteiger partial charge is 0.497 e. The van der Waals surface area contributed by atoms with Gasteiger partial charge in [0.1, 0.15) is 5.75 Å². The summed E-state index contributed by atoms with van der Waals surface area (Å²) in [5, 5.41) is 4.69. The Morgan fingerprint density at radius 1 is 1.17 bits per heavy atom. The van der Waals surface area contributed by atoms with Crippen LogP contribution >= 0.6 is 0 Å². The van der Waals surface area contributed by atoms with Gasteiger partial charge in [0.25, 0.3) is 17.7 Å². The zero-order valence-corrected chi connectivity index (χ0v) is 20.2. The van der Waals surface area contributed by atoms with E-state index in [2.05, 4.69) is 22.5 Å². The number of nitrogens with one attached hydrogen (secondary N) is 3. The molecule has 186 valence electrons. The number of imide groups is 1. The molecule has 2 aliphatic heterocycles. The van der Waals surface area contributed by atoms with Crippen LogP contribution in [0.25, 0.3) is 0 Å². The van der Waals surface area contributed by atoms with Gasteiger partial charge in [-0.15, -0.1) is 0 Å². The van der Waals surface area contributed by atoms with Crippen molar-refractivity contribution in [2.45, 2.75) is 19.0 Å². The minimum absolute atomic E-state index is 0.107. The third kappa shape index (κ3) is 4.87. The van der Waals surface area contributed by atoms with E-state index in [-0.39, 0.29) is 30.3 Å². The summed E-state index contributed by atoms with van der Waals surface area (Å²) in [5.41, 5.74) is 0.0206. The lowest BCUT2D eigenvalue weighted by atomic mass is 9.99. The maximum atomic E-state index is 13.0. The van der Waals surface area contributed by atoms with Crippen LogP contribution in [0.2, 0.25) is 0 Å². The van der Waals surface area contributed by atoms with Crippen molar-refractivity contribution >= 4 is 33.8 Å². The Bertz CT molecular complexity index is 1440. The second kappa shape index (κ2) is 9.35. The predicted octanol–water partition coefficient (Wildman–Crippen LogP) is 0.360. The van der Waals surface area contributed by atoms with Crippen LogP contribution in [-0.4, -0.2) is 62.0 Å². The van der Waals surface area contributed by atoms with Crippen LogP contribution in [0.3, 0.4) is 0 Å². The highest BCUT2D eigenvalue weighted by atomic mass is 32.2. The fourth-order valence-corrected chi connectivity index (χ4v) is 4.31. The summed E-state index contributed by atoms with van der Waals surface area (Å²) in [6.45, 7) is 1.45. The lowest BCUT2D eigenvalue weighted by Gasteiger charge is -2.26. The smallest absolute Gasteiger partial charge is 0.323 e. The Labute approximate surface area is 207 Å². The van der Waals surface area contributed by atoms with E-state index in [4.69, 9.17) is 4.74 Å². The zero-order valence-electron chi connectivity index (χ0n) is 19.4. The van der Waals surface area contributed by atoms with Crippen molar-refractivity contribution in [3.63, 3.8) is 0 Å². The molecule has 0 bridgehead atoms. The summed E-state index contributed by atoms with van der Waals surface area (Å²) in [7, 11) is -2.21. The molecule has 11 nitrogen and oxygen atoms in total. The standard InChI is InChI=1S/C24H22N4O7S/c1-3-36(33,34)27-20(29)16-6-4-15(5-7-16)10-11-24(22(31)25-23(32)26-24)14-28-13-17-8-9-18(35-2)12-19(17)21(28)30/h4-9,12H,3,13-14H2,1-2H3,(H,27,29)(H2,25,26,31,32)/t24-/m1/s1. The Hall–Kier alpha value is -4.37. The van der Waals surface area contributed by atoms with Gasteiger partial charge >= 0.3 is 6.03 Å². The number of fused-ring (bicyclic) bond motifs is 1. The first-order valence-electron chi connectivity index (χ1n) is 10.8. The van der Waals surface area contributed by atoms with Gasteiger partial charge in [-0.3, -0.25) is 19.7 Å². The molecule has 2 aromatic rings. The molecule has 4 rings (SSSR count). The van der Waals surface area contributed by atoms with E-state index < -0.39 is 33.4 Å². The maximum absolute atomic E-state index is 13.0. The predicted molar refractivity (Wildman–Crippen MR) is 127 cm³/mol. The van der Waals surface area contributed by atoms with Crippen molar-refractivity contribution < 1.29 is 32.3 Å². The molecule has 0 spiro atoms. The van der Waals surface area contributed by atoms with Crippen molar-refractivity contribution in [1.82, 2.24) is 20.3 Å². The van der Waals surface area contributed by atoms with Crippen LogP contribution in [0.1, 0.15) is 38.8 Å². The molecule has 0 unspecified atom stereocenters. The van der Waals surface area contributed by atoms with Gasteiger partial charge in [0.2, 0.25) is 15.6 Å². The summed E-state index contributed by atoms with van der Waals surface area (Å²) in [6, 6.07) is 10.1. The van der Waals surface area contributed by atoms with Crippen LogP contribution in [-0.2, 0) is 21.4 Å². The molecule has 2 heterocycles. The number of benzene rings is 2. The molecular weight excluding hydrogens is 488 g/mol. The fourth-order valence-electron chi connectivity index (χ4n) is 3.77. The third-order valence-corrected chi connectivity index (χ3v) is 7.02. The maximum Gasteiger partial charge on any atom is 0.323 e. The van der Waals surface area contributed by atoms with E-state index in [9.17, 15) is 27.6 Å². The number of carbonyl (C=O) groups excluding carboxylic acids is 4. The normalized spacial score (nSPS) is 18.6. The van der Waals surface area contributed by atoms with Gasteiger partial charge in [0.15, 0.2) is 0 Å². The summed E-state index contributed by atoms with van der Waals surface area (Å²) >= 11 is 0. The number of rotatable bonds is 6. The monoisotopic (exact) mass is 510 g/mol. The summed E-state index contributed by atoms with van der Waals surface area (Å²) in [5.74, 6) is 4.06. The third-order valence-electron chi connectivity index (χ3n) is 5.76. The van der Waals surface area contributed by atoms with Gasteiger partial charge in [0, 0.05) is 23.2 Å². The minimum Gasteiger partial charge on any atom is -0.497 e. The molecule has 2 aliphatic rings. The van der Waals surface area contributed by atoms with Crippen molar-refractivity contribution in [1.29, 1.82) is 0 Å². The summed E-state index contributed by atoms with van der Waals surface area (Å²) < 4.78 is 30.3. The first kappa shape index (κ1) is 24.7. The lowest BCUT2D eigenvalue weighted by molar-refractivity contribution is -0.122. The molecule has 0 aromatic heterocycles. The number of ether oxygens (including phenoxy) is 1. The van der Waals surface area contributed by atoms with Crippen LogP contribution in [0.4, 0.5) is 4.79 Å². The number of urea groups is 1. The Balaban J connectivity index is 1.56. The second-order valence-electron chi connectivity index (χ2n) is 8.16. The van der Waals surface area contributed by atoms with Gasteiger partial charge < -0.3 is 15.0 Å². The molecule has 1 fully saturated rings. The first-order chi connectivity index (χ1) is 17.1. The molecule has 1 saturated heterocycles. The number of hydrogen-bond acceptors (Lipinski definition) is 7. The second-order valence-corrected chi connectivity index (χ2v) is 10.2. The summed E-state index contributed by atoms with van der Waals surface area (Å²) in [4.78, 5) is 51.2. The zero-order chi connectivity index (χ0) is 26.1. The van der Waals surface area contributed by atoms with E-state index in [1.54, 1.807) is 18.2 Å². The molecule has 0 aliphatic carbocycles. The van der Waals surface area contributed by atoms with Crippen LogP contribution in [0.15, 0.2) is 42.5 Å². The van der Waals surface area contributed by atoms with Crippen LogP contribution in [0.5, 0.6) is 5.75 Å². The van der Waals surface area contributed by atoms with Crippen LogP contribution in [0, 0.1) is 11.8 Å². The Morgan fingerprint density at radius 2 is 1.89 bits per heavy atom. The molecule has 5 amide bonds. The average molecular weight is 511 g/mol. The van der Waals surface area contributed by atoms with Gasteiger partial charge in [-0.25, -0.2) is 17.9 Å². The highest BCUT2D eigenvalue weighted by Crippen LogP contribution is 2.28. The van der Waals surface area contributed by atoms with E-state index in [1.807, 2.05) is 4.72 Å². The number of hydrogen-bond donors (Lipinski definition) is 3. The molecule has 36 heavy (non-hydrogen) atoms. The quantitative estimate of drug-likeness (QED) is 0.375. The SMILES string of the molecule is CCS(=O)(=O)NC(=O)c1ccc(C#C[C@]2(CN3Cc4ccc(OC)cc4C3=O)NC(=O)NC2=O)cc1. The molecule has 0 radical (unpaired) electrons. The highest BCUT2D eigenvalue weighted by Gasteiger charge is 2.48. The van der Waals surface area contributed by atoms with Crippen molar-refractivity contribution in [2.24, 2.45) is 0 Å². The molecule has 12 heteroatoms. The fraction of sp³-hybridized carbons (Fsp3) is 0.250. The molecule has 0 saturated carbocycles. The van der Waals surface area contributed by atoms with Crippen molar-refractivity contribution in [2.75, 3.05) is 19.4 Å². The Morgan fingerprint density at radius 3 is 2.50 bits per heavy atom. The average Bonchev–Trinajstić information content (AvgIpc) is 3.31. The number of carbonyl (C=O) groups is 4. The molecular formula is C24H22N4O7S. The van der Waals surface area contributed by atoms with E-state index in [0.717, 1.165) is 5.56 Å². The number of nitrogens with zero attached hydrogens (tertiary/aromatic N) is 1. The van der Waals surface area contributed by atoms with Crippen molar-refractivity contribution in [3.8, 4) is 17.6 Å². The number of sulfonamides is 1. The van der Waals surface area contributed by atoms with Gasteiger partial charge in [-0.05, 0) is 48.9 Å². The topological polar surface area (TPSA) is 151 Å². The minimum atomic E-state index is -3.71. The lowest BCUT2D eigenvalue weighted by Crippen LogP contribution is -2.54. The molecule has 1 atom stereocenters.